The second-order valence-corrected chi connectivity index (χ2v) is 7.46. The average molecular weight is 393 g/mol. The molecule has 2 aromatic rings. The Labute approximate surface area is 178 Å². The van der Waals surface area contributed by atoms with Gasteiger partial charge >= 0.3 is 0 Å². The van der Waals surface area contributed by atoms with Gasteiger partial charge in [0.1, 0.15) is 5.82 Å². The summed E-state index contributed by atoms with van der Waals surface area (Å²) in [5, 5.41) is 0. The highest BCUT2D eigenvalue weighted by Crippen LogP contribution is 2.24. The minimum atomic E-state index is 0.603. The van der Waals surface area contributed by atoms with Gasteiger partial charge in [-0.2, -0.15) is 0 Å². The lowest BCUT2D eigenvalue weighted by Crippen LogP contribution is -2.03. The zero-order valence-electron chi connectivity index (χ0n) is 19.8. The van der Waals surface area contributed by atoms with Crippen LogP contribution < -0.4 is 0 Å². The number of hydrogen-bond donors (Lipinski definition) is 0. The summed E-state index contributed by atoms with van der Waals surface area (Å²) >= 11 is 0. The summed E-state index contributed by atoms with van der Waals surface area (Å²) in [4.78, 5) is 4.95. The number of imidazole rings is 1. The van der Waals surface area contributed by atoms with Crippen LogP contribution in [0.4, 0.5) is 0 Å². The molecular formula is C27H40N2. The summed E-state index contributed by atoms with van der Waals surface area (Å²) in [6, 6.07) is 4.47. The van der Waals surface area contributed by atoms with Gasteiger partial charge < -0.3 is 4.57 Å². The van der Waals surface area contributed by atoms with E-state index in [2.05, 4.69) is 88.3 Å². The molecule has 0 saturated heterocycles. The molecule has 0 amide bonds. The lowest BCUT2D eigenvalue weighted by Gasteiger charge is -2.10. The summed E-state index contributed by atoms with van der Waals surface area (Å²) in [6.07, 6.45) is 13.2. The molecule has 2 heteroatoms. The zero-order chi connectivity index (χ0) is 22.0. The summed E-state index contributed by atoms with van der Waals surface area (Å²) in [5.41, 5.74) is 7.18. The summed E-state index contributed by atoms with van der Waals surface area (Å²) in [7, 11) is 0. The highest BCUT2D eigenvalue weighted by atomic mass is 15.1. The molecule has 0 aliphatic heterocycles. The number of allylic oxidation sites excluding steroid dienone is 6. The van der Waals surface area contributed by atoms with E-state index in [0.717, 1.165) is 36.3 Å². The largest absolute Gasteiger partial charge is 0.320 e. The van der Waals surface area contributed by atoms with Crippen LogP contribution in [-0.4, -0.2) is 9.55 Å². The van der Waals surface area contributed by atoms with E-state index in [-0.39, 0.29) is 0 Å². The number of hydrogen-bond acceptors (Lipinski definition) is 1. The van der Waals surface area contributed by atoms with Gasteiger partial charge in [-0.1, -0.05) is 64.2 Å². The second-order valence-electron chi connectivity index (χ2n) is 7.46. The zero-order valence-corrected chi connectivity index (χ0v) is 19.8. The molecule has 0 aliphatic rings. The molecule has 0 saturated carbocycles. The quantitative estimate of drug-likeness (QED) is 0.414. The van der Waals surface area contributed by atoms with Gasteiger partial charge in [0.05, 0.1) is 11.0 Å². The highest BCUT2D eigenvalue weighted by Gasteiger charge is 2.11. The maximum Gasteiger partial charge on any atom is 0.133 e. The van der Waals surface area contributed by atoms with Crippen LogP contribution in [0, 0.1) is 19.8 Å². The van der Waals surface area contributed by atoms with Crippen molar-refractivity contribution in [3.05, 3.63) is 71.1 Å². The van der Waals surface area contributed by atoms with Gasteiger partial charge in [0, 0.05) is 6.54 Å². The molecule has 29 heavy (non-hydrogen) atoms. The molecule has 0 fully saturated rings. The molecule has 0 aliphatic carbocycles. The topological polar surface area (TPSA) is 17.8 Å². The van der Waals surface area contributed by atoms with Gasteiger partial charge in [-0.25, -0.2) is 4.98 Å². The van der Waals surface area contributed by atoms with Gasteiger partial charge in [-0.15, -0.1) is 0 Å². The van der Waals surface area contributed by atoms with Crippen LogP contribution in [0.15, 0.2) is 54.2 Å². The van der Waals surface area contributed by atoms with Gasteiger partial charge in [-0.3, -0.25) is 0 Å². The fourth-order valence-electron chi connectivity index (χ4n) is 3.15. The minimum absolute atomic E-state index is 0.603. The van der Waals surface area contributed by atoms with Crippen molar-refractivity contribution in [1.82, 2.24) is 9.55 Å². The van der Waals surface area contributed by atoms with Crippen molar-refractivity contribution >= 4 is 17.1 Å². The Balaban J connectivity index is 0.00000204. The Morgan fingerprint density at radius 3 is 2.28 bits per heavy atom. The number of fused-ring (bicyclic) bond motifs is 1. The third-order valence-electron chi connectivity index (χ3n) is 5.25. The predicted molar refractivity (Wildman–Crippen MR) is 131 cm³/mol. The summed E-state index contributed by atoms with van der Waals surface area (Å²) < 4.78 is 2.33. The molecule has 1 aromatic heterocycles. The van der Waals surface area contributed by atoms with E-state index < -0.39 is 0 Å². The lowest BCUT2D eigenvalue weighted by molar-refractivity contribution is 0.608. The van der Waals surface area contributed by atoms with E-state index >= 15 is 0 Å². The molecule has 0 spiro atoms. The number of aromatic nitrogens is 2. The minimum Gasteiger partial charge on any atom is -0.320 e. The fraction of sp³-hybridized carbons (Fsp3) is 0.444. The molecule has 1 aromatic carbocycles. The van der Waals surface area contributed by atoms with Crippen molar-refractivity contribution in [3.8, 4) is 0 Å². The van der Waals surface area contributed by atoms with Crippen LogP contribution in [0.3, 0.4) is 0 Å². The van der Waals surface area contributed by atoms with E-state index in [4.69, 9.17) is 4.98 Å². The van der Waals surface area contributed by atoms with Crippen molar-refractivity contribution in [1.29, 1.82) is 0 Å². The first-order chi connectivity index (χ1) is 13.9. The van der Waals surface area contributed by atoms with Crippen molar-refractivity contribution in [2.75, 3.05) is 0 Å². The molecule has 158 valence electrons. The molecule has 1 heterocycles. The Kier molecular flexibility index (Phi) is 10.4. The van der Waals surface area contributed by atoms with Crippen molar-refractivity contribution < 1.29 is 0 Å². The third-order valence-corrected chi connectivity index (χ3v) is 5.25. The number of aryl methyl sites for hydroxylation is 2. The molecule has 2 rings (SSSR count). The highest BCUT2D eigenvalue weighted by molar-refractivity contribution is 5.80. The molecule has 0 radical (unpaired) electrons. The van der Waals surface area contributed by atoms with E-state index in [0.29, 0.717) is 5.92 Å². The first-order valence-corrected chi connectivity index (χ1v) is 11.0. The fourth-order valence-corrected chi connectivity index (χ4v) is 3.15. The number of benzene rings is 1. The Morgan fingerprint density at radius 2 is 1.72 bits per heavy atom. The molecule has 0 atom stereocenters. The SMILES string of the molecule is C=C(C)/C=C\C(=C/C)Cn1c(/C=C/C(CC)CC)nc2cc(C)c(C)cc21.CC. The van der Waals surface area contributed by atoms with Crippen molar-refractivity contribution in [3.63, 3.8) is 0 Å². The molecule has 0 unspecified atom stereocenters. The average Bonchev–Trinajstić information content (AvgIpc) is 3.03. The third kappa shape index (κ3) is 6.88. The van der Waals surface area contributed by atoms with Crippen LogP contribution in [0.25, 0.3) is 17.1 Å². The van der Waals surface area contributed by atoms with Crippen LogP contribution in [-0.2, 0) is 6.54 Å². The summed E-state index contributed by atoms with van der Waals surface area (Å²) in [6.45, 7) is 21.7. The lowest BCUT2D eigenvalue weighted by atomic mass is 10.0. The second kappa shape index (κ2) is 12.3. The van der Waals surface area contributed by atoms with E-state index in [1.807, 2.05) is 20.8 Å². The van der Waals surface area contributed by atoms with Gasteiger partial charge in [-0.05, 0) is 81.4 Å². The first-order valence-electron chi connectivity index (χ1n) is 11.0. The predicted octanol–water partition coefficient (Wildman–Crippen LogP) is 8.21. The molecule has 0 bridgehead atoms. The maximum absolute atomic E-state index is 4.95. The first kappa shape index (κ1) is 24.7. The Morgan fingerprint density at radius 1 is 1.10 bits per heavy atom. The van der Waals surface area contributed by atoms with E-state index in [1.165, 1.54) is 22.2 Å². The van der Waals surface area contributed by atoms with E-state index in [9.17, 15) is 0 Å². The monoisotopic (exact) mass is 392 g/mol. The van der Waals surface area contributed by atoms with Crippen molar-refractivity contribution in [2.24, 2.45) is 5.92 Å². The Bertz CT molecular complexity index is 887. The van der Waals surface area contributed by atoms with Crippen LogP contribution in [0.2, 0.25) is 0 Å². The van der Waals surface area contributed by atoms with Gasteiger partial charge in [0.15, 0.2) is 0 Å². The van der Waals surface area contributed by atoms with Crippen LogP contribution in [0.1, 0.15) is 71.3 Å². The number of nitrogens with zero attached hydrogens (tertiary/aromatic N) is 2. The standard InChI is InChI=1S/C25H34N2.C2H6/c1-8-21(9-2)13-14-25-26-23-15-19(6)20(7)16-24(23)27(25)17-22(10-3)12-11-18(4)5;1-2/h10-16,21H,4,8-9,17H2,1-3,5-7H3;1-2H3/b12-11-,14-13+,22-10+;. The number of rotatable bonds is 8. The molecule has 0 N–H and O–H groups in total. The van der Waals surface area contributed by atoms with Gasteiger partial charge in [0.25, 0.3) is 0 Å². The molecule has 2 nitrogen and oxygen atoms in total. The maximum atomic E-state index is 4.95. The smallest absolute Gasteiger partial charge is 0.133 e. The van der Waals surface area contributed by atoms with Crippen LogP contribution in [0.5, 0.6) is 0 Å². The Hall–Kier alpha value is -2.35. The van der Waals surface area contributed by atoms with E-state index in [1.54, 1.807) is 0 Å². The summed E-state index contributed by atoms with van der Waals surface area (Å²) in [5.74, 6) is 1.64. The van der Waals surface area contributed by atoms with Crippen LogP contribution >= 0.6 is 0 Å². The van der Waals surface area contributed by atoms with Crippen molar-refractivity contribution in [2.45, 2.75) is 74.8 Å². The van der Waals surface area contributed by atoms with Gasteiger partial charge in [0.2, 0.25) is 0 Å². The molecular weight excluding hydrogens is 352 g/mol. The normalized spacial score (nSPS) is 12.2.